The number of hydrogen-bond donors (Lipinski definition) is 3. The molecule has 0 radical (unpaired) electrons. The lowest BCUT2D eigenvalue weighted by Crippen LogP contribution is -2.30. The second-order valence-electron chi connectivity index (χ2n) is 8.87. The van der Waals surface area contributed by atoms with Gasteiger partial charge in [-0.1, -0.05) is 45.6 Å². The molecule has 3 N–H and O–H groups in total. The van der Waals surface area contributed by atoms with Crippen LogP contribution in [-0.2, 0) is 23.7 Å². The van der Waals surface area contributed by atoms with Gasteiger partial charge < -0.3 is 44.4 Å². The van der Waals surface area contributed by atoms with Crippen molar-refractivity contribution in [2.75, 3.05) is 86.6 Å². The third-order valence-corrected chi connectivity index (χ3v) is 5.54. The van der Waals surface area contributed by atoms with Crippen LogP contribution >= 0.6 is 11.8 Å². The van der Waals surface area contributed by atoms with Gasteiger partial charge in [0.05, 0.1) is 33.0 Å². The Bertz CT molecular complexity index is 920. The maximum Gasteiger partial charge on any atom is 0.251 e. The number of unbranched alkanes of at least 4 members (excludes halogenated alkanes) is 1. The summed E-state index contributed by atoms with van der Waals surface area (Å²) >= 11 is 0.963. The highest BCUT2D eigenvalue weighted by Crippen LogP contribution is 2.17. The second kappa shape index (κ2) is 34.8. The van der Waals surface area contributed by atoms with Gasteiger partial charge in [0, 0.05) is 44.1 Å². The molecule has 1 atom stereocenters. The normalized spacial score (nSPS) is 10.6. The molecule has 250 valence electrons. The lowest BCUT2D eigenvalue weighted by Gasteiger charge is -2.16. The molecule has 1 unspecified atom stereocenters. The molecule has 1 rings (SSSR count). The number of rotatable bonds is 23. The number of aldehydes is 1. The predicted octanol–water partition coefficient (Wildman–Crippen LogP) is 3.49. The van der Waals surface area contributed by atoms with Crippen molar-refractivity contribution in [1.82, 2.24) is 16.0 Å². The molecule has 1 aromatic carbocycles. The Kier molecular flexibility index (Phi) is 34.4. The molecule has 1 aromatic rings. The van der Waals surface area contributed by atoms with E-state index in [9.17, 15) is 9.59 Å². The maximum atomic E-state index is 12.1. The van der Waals surface area contributed by atoms with Gasteiger partial charge in [-0.2, -0.15) is 5.26 Å². The van der Waals surface area contributed by atoms with Crippen molar-refractivity contribution in [3.63, 3.8) is 0 Å². The number of nitrogens with zero attached hydrogens (tertiary/aromatic N) is 1. The first-order valence-electron chi connectivity index (χ1n) is 15.1. The van der Waals surface area contributed by atoms with Crippen LogP contribution in [0.4, 0.5) is 0 Å². The van der Waals surface area contributed by atoms with Crippen LogP contribution in [0.3, 0.4) is 0 Å². The number of thioether (sulfide) groups is 1. The zero-order valence-corrected chi connectivity index (χ0v) is 28.3. The van der Waals surface area contributed by atoms with Crippen molar-refractivity contribution in [3.05, 3.63) is 29.8 Å². The number of carbonyl (C=O) groups excluding carboxylic acids is 2. The van der Waals surface area contributed by atoms with Crippen LogP contribution in [0.15, 0.2) is 24.3 Å². The van der Waals surface area contributed by atoms with Crippen molar-refractivity contribution in [1.29, 1.82) is 5.26 Å². The molecule has 1 amide bonds. The van der Waals surface area contributed by atoms with E-state index >= 15 is 0 Å². The van der Waals surface area contributed by atoms with Crippen LogP contribution in [0, 0.1) is 28.4 Å². The fourth-order valence-corrected chi connectivity index (χ4v) is 3.26. The molecule has 0 aromatic heterocycles. The van der Waals surface area contributed by atoms with Gasteiger partial charge in [0.15, 0.2) is 5.44 Å². The fraction of sp³-hybridized carbons (Fsp3) is 0.656. The number of ether oxygens (including phenoxy) is 5. The molecule has 0 fully saturated rings. The third kappa shape index (κ3) is 29.4. The molecule has 0 heterocycles. The van der Waals surface area contributed by atoms with E-state index in [0.717, 1.165) is 31.2 Å². The highest BCUT2D eigenvalue weighted by Gasteiger charge is 2.12. The van der Waals surface area contributed by atoms with Crippen molar-refractivity contribution in [2.24, 2.45) is 5.92 Å². The summed E-state index contributed by atoms with van der Waals surface area (Å²) in [6.45, 7) is 13.8. The quantitative estimate of drug-likeness (QED) is 0.0534. The smallest absolute Gasteiger partial charge is 0.251 e. The highest BCUT2D eigenvalue weighted by molar-refractivity contribution is 8.04. The summed E-state index contributed by atoms with van der Waals surface area (Å²) in [5.41, 5.74) is 0.0158. The molecular formula is C32H54N4O7S. The molecule has 12 heteroatoms. The van der Waals surface area contributed by atoms with Gasteiger partial charge in [-0.25, -0.2) is 0 Å². The number of likely N-dealkylation sites (N-methyl/N-ethyl adjacent to an activating group) is 2. The number of nitriles is 1. The van der Waals surface area contributed by atoms with Gasteiger partial charge in [0.1, 0.15) is 30.7 Å². The Balaban J connectivity index is 0. The molecular weight excluding hydrogens is 584 g/mol. The van der Waals surface area contributed by atoms with Gasteiger partial charge in [0.25, 0.3) is 5.91 Å². The topological polar surface area (TPSA) is 140 Å². The van der Waals surface area contributed by atoms with E-state index in [4.69, 9.17) is 28.9 Å². The Hall–Kier alpha value is -2.68. The molecule has 0 aliphatic carbocycles. The van der Waals surface area contributed by atoms with E-state index in [1.54, 1.807) is 24.3 Å². The molecule has 0 saturated heterocycles. The van der Waals surface area contributed by atoms with Gasteiger partial charge >= 0.3 is 0 Å². The van der Waals surface area contributed by atoms with Gasteiger partial charge in [0.2, 0.25) is 0 Å². The molecule has 0 spiro atoms. The highest BCUT2D eigenvalue weighted by atomic mass is 32.2. The van der Waals surface area contributed by atoms with Crippen molar-refractivity contribution < 1.29 is 33.3 Å². The zero-order valence-electron chi connectivity index (χ0n) is 27.4. The van der Waals surface area contributed by atoms with E-state index in [-0.39, 0.29) is 12.5 Å². The standard InChI is InChI=1S/C21H31N3O6S.C9H17NO.C2H6/c1-23-7-8-24-21(26)18-5-4-6-19(15-18)30-16-20(31-17-22)29-14-13-28-12-11-27-10-3-2-9-25;1-9(2)5-4-7-11-8-6-10-3;1-2/h4-6,9,15,20,23H,2-3,7-8,10-14,16H2,1H3,(H,24,26);9-10H,6-8H2,1-3H3;1-2H3. The summed E-state index contributed by atoms with van der Waals surface area (Å²) in [5.74, 6) is 6.77. The molecule has 0 saturated carbocycles. The Labute approximate surface area is 269 Å². The van der Waals surface area contributed by atoms with Crippen molar-refractivity contribution >= 4 is 24.0 Å². The minimum absolute atomic E-state index is 0.156. The lowest BCUT2D eigenvalue weighted by atomic mass is 10.2. The fourth-order valence-electron chi connectivity index (χ4n) is 2.84. The average Bonchev–Trinajstić information content (AvgIpc) is 3.03. The summed E-state index contributed by atoms with van der Waals surface area (Å²) in [5, 5.41) is 19.7. The molecule has 11 nitrogen and oxygen atoms in total. The van der Waals surface area contributed by atoms with Crippen LogP contribution in [0.1, 0.15) is 50.9 Å². The maximum absolute atomic E-state index is 12.1. The summed E-state index contributed by atoms with van der Waals surface area (Å²) < 4.78 is 27.3. The summed E-state index contributed by atoms with van der Waals surface area (Å²) in [7, 11) is 3.72. The van der Waals surface area contributed by atoms with Crippen LogP contribution < -0.4 is 20.7 Å². The van der Waals surface area contributed by atoms with Crippen molar-refractivity contribution in [3.8, 4) is 23.0 Å². The monoisotopic (exact) mass is 638 g/mol. The predicted molar refractivity (Wildman–Crippen MR) is 177 cm³/mol. The van der Waals surface area contributed by atoms with Gasteiger partial charge in [-0.3, -0.25) is 4.79 Å². The summed E-state index contributed by atoms with van der Waals surface area (Å²) in [6, 6.07) is 6.85. The Morgan fingerprint density at radius 1 is 0.977 bits per heavy atom. The number of thiocyanates is 1. The van der Waals surface area contributed by atoms with Gasteiger partial charge in [-0.05, 0) is 50.5 Å². The zero-order chi connectivity index (χ0) is 33.1. The van der Waals surface area contributed by atoms with E-state index in [2.05, 4.69) is 41.6 Å². The average molecular weight is 639 g/mol. The number of hydrogen-bond acceptors (Lipinski definition) is 11. The molecule has 0 bridgehead atoms. The first-order valence-corrected chi connectivity index (χ1v) is 16.0. The Morgan fingerprint density at radius 2 is 1.68 bits per heavy atom. The first-order chi connectivity index (χ1) is 21.5. The molecule has 0 aliphatic rings. The minimum atomic E-state index is -0.485. The SMILES string of the molecule is CC.CNCCNC(=O)c1cccc(OCC(OCCOCCOCCCC=O)SC#N)c1.CNCCOCC#CC(C)C. The third-order valence-electron chi connectivity index (χ3n) is 4.90. The van der Waals surface area contributed by atoms with Crippen molar-refractivity contribution in [2.45, 2.75) is 46.0 Å². The summed E-state index contributed by atoms with van der Waals surface area (Å²) in [4.78, 5) is 22.3. The number of benzene rings is 1. The van der Waals surface area contributed by atoms with Gasteiger partial charge in [-0.15, -0.1) is 0 Å². The lowest BCUT2D eigenvalue weighted by molar-refractivity contribution is -0.108. The molecule has 0 aliphatic heterocycles. The van der Waals surface area contributed by atoms with Crippen LogP contribution in [0.2, 0.25) is 0 Å². The van der Waals surface area contributed by atoms with E-state index < -0.39 is 5.44 Å². The van der Waals surface area contributed by atoms with Crippen LogP contribution in [-0.4, -0.2) is 104 Å². The second-order valence-corrected chi connectivity index (χ2v) is 9.82. The van der Waals surface area contributed by atoms with E-state index in [0.29, 0.717) is 82.8 Å². The number of nitrogens with one attached hydrogen (secondary N) is 3. The molecule has 44 heavy (non-hydrogen) atoms. The van der Waals surface area contributed by atoms with E-state index in [1.807, 2.05) is 33.3 Å². The number of carbonyl (C=O) groups is 2. The summed E-state index contributed by atoms with van der Waals surface area (Å²) in [6.07, 6.45) is 2.09. The van der Waals surface area contributed by atoms with Crippen LogP contribution in [0.5, 0.6) is 5.75 Å². The van der Waals surface area contributed by atoms with Crippen LogP contribution in [0.25, 0.3) is 0 Å². The largest absolute Gasteiger partial charge is 0.490 e. The minimum Gasteiger partial charge on any atom is -0.490 e. The first kappa shape index (κ1) is 43.4. The Morgan fingerprint density at radius 3 is 2.34 bits per heavy atom. The van der Waals surface area contributed by atoms with E-state index in [1.165, 1.54) is 0 Å². The number of amides is 1.